The summed E-state index contributed by atoms with van der Waals surface area (Å²) in [5, 5.41) is 4.88. The van der Waals surface area contributed by atoms with Crippen LogP contribution in [0.3, 0.4) is 0 Å². The maximum Gasteiger partial charge on any atom is 0.230 e. The summed E-state index contributed by atoms with van der Waals surface area (Å²) in [6.45, 7) is 4.68. The van der Waals surface area contributed by atoms with E-state index in [4.69, 9.17) is 4.74 Å². The molecule has 2 aromatic heterocycles. The van der Waals surface area contributed by atoms with Gasteiger partial charge in [-0.3, -0.25) is 4.79 Å². The Balaban J connectivity index is 1.48. The molecule has 0 saturated heterocycles. The molecule has 1 aliphatic heterocycles. The molecule has 1 amide bonds. The number of hydrogen-bond donors (Lipinski definition) is 1. The van der Waals surface area contributed by atoms with Gasteiger partial charge in [-0.25, -0.2) is 14.4 Å². The lowest BCUT2D eigenvalue weighted by atomic mass is 10.0. The first kappa shape index (κ1) is 19.1. The molecular weight excluding hydrogens is 397 g/mol. The summed E-state index contributed by atoms with van der Waals surface area (Å²) >= 11 is 3.04. The highest BCUT2D eigenvalue weighted by molar-refractivity contribution is 8.00. The van der Waals surface area contributed by atoms with Gasteiger partial charge in [-0.05, 0) is 50.5 Å². The minimum Gasteiger partial charge on any atom is -0.493 e. The molecule has 0 bridgehead atoms. The lowest BCUT2D eigenvalue weighted by molar-refractivity contribution is -0.119. The Hall–Kier alpha value is -2.19. The summed E-state index contributed by atoms with van der Waals surface area (Å²) in [6.07, 6.45) is 3.06. The van der Waals surface area contributed by atoms with Crippen molar-refractivity contribution in [1.29, 1.82) is 0 Å². The number of carbonyl (C=O) groups excluding carboxylic acids is 1. The zero-order valence-corrected chi connectivity index (χ0v) is 17.3. The zero-order chi connectivity index (χ0) is 19.7. The second kappa shape index (κ2) is 8.05. The van der Waals surface area contributed by atoms with Crippen LogP contribution in [0, 0.1) is 19.7 Å². The van der Waals surface area contributed by atoms with Crippen LogP contribution in [0.25, 0.3) is 10.2 Å². The first-order chi connectivity index (χ1) is 13.5. The average molecular weight is 418 g/mol. The maximum absolute atomic E-state index is 13.7. The Morgan fingerprint density at radius 1 is 1.39 bits per heavy atom. The third-order valence-electron chi connectivity index (χ3n) is 4.85. The number of ether oxygens (including phenoxy) is 1. The molecule has 28 heavy (non-hydrogen) atoms. The highest BCUT2D eigenvalue weighted by atomic mass is 32.2. The summed E-state index contributed by atoms with van der Waals surface area (Å²) in [7, 11) is 0. The lowest BCUT2D eigenvalue weighted by Crippen LogP contribution is -2.29. The smallest absolute Gasteiger partial charge is 0.230 e. The fourth-order valence-corrected chi connectivity index (χ4v) is 5.26. The minimum atomic E-state index is -0.329. The molecule has 8 heteroatoms. The van der Waals surface area contributed by atoms with Gasteiger partial charge in [-0.2, -0.15) is 0 Å². The van der Waals surface area contributed by atoms with Crippen LogP contribution >= 0.6 is 23.1 Å². The van der Waals surface area contributed by atoms with Crippen LogP contribution in [0.2, 0.25) is 0 Å². The van der Waals surface area contributed by atoms with Gasteiger partial charge in [0.05, 0.1) is 18.4 Å². The molecule has 1 aromatic carbocycles. The predicted molar refractivity (Wildman–Crippen MR) is 110 cm³/mol. The molecule has 0 saturated carbocycles. The SMILES string of the molecule is Cc1sc2ncnc(SCC(=O)N[C@@H]3CCCOc4ccc(F)cc43)c2c1C. The molecule has 1 aliphatic rings. The first-order valence-electron chi connectivity index (χ1n) is 9.08. The van der Waals surface area contributed by atoms with Crippen molar-refractivity contribution in [3.05, 3.63) is 46.3 Å². The summed E-state index contributed by atoms with van der Waals surface area (Å²) in [6, 6.07) is 4.20. The molecule has 0 radical (unpaired) electrons. The van der Waals surface area contributed by atoms with Gasteiger partial charge in [-0.15, -0.1) is 11.3 Å². The first-order valence-corrected chi connectivity index (χ1v) is 10.9. The number of halogens is 1. The number of nitrogens with one attached hydrogen (secondary N) is 1. The number of benzene rings is 1. The van der Waals surface area contributed by atoms with Gasteiger partial charge in [0.25, 0.3) is 0 Å². The summed E-state index contributed by atoms with van der Waals surface area (Å²) in [5.74, 6) is 0.439. The molecule has 3 heterocycles. The van der Waals surface area contributed by atoms with Crippen LogP contribution in [0.5, 0.6) is 5.75 Å². The molecular formula is C20H20FN3O2S2. The fraction of sp³-hybridized carbons (Fsp3) is 0.350. The average Bonchev–Trinajstić information content (AvgIpc) is 2.85. The van der Waals surface area contributed by atoms with E-state index in [9.17, 15) is 9.18 Å². The second-order valence-electron chi connectivity index (χ2n) is 6.72. The molecule has 3 aromatic rings. The van der Waals surface area contributed by atoms with Crippen LogP contribution in [-0.2, 0) is 4.79 Å². The normalized spacial score (nSPS) is 16.3. The van der Waals surface area contributed by atoms with Crippen LogP contribution in [-0.4, -0.2) is 28.2 Å². The molecule has 1 atom stereocenters. The van der Waals surface area contributed by atoms with Gasteiger partial charge < -0.3 is 10.1 Å². The van der Waals surface area contributed by atoms with Crippen molar-refractivity contribution >= 4 is 39.2 Å². The third-order valence-corrected chi connectivity index (χ3v) is 6.95. The topological polar surface area (TPSA) is 64.1 Å². The number of aryl methyl sites for hydroxylation is 2. The van der Waals surface area contributed by atoms with Crippen molar-refractivity contribution in [3.8, 4) is 5.75 Å². The second-order valence-corrected chi connectivity index (χ2v) is 8.89. The van der Waals surface area contributed by atoms with Gasteiger partial charge >= 0.3 is 0 Å². The highest BCUT2D eigenvalue weighted by Crippen LogP contribution is 2.35. The van der Waals surface area contributed by atoms with E-state index in [0.29, 0.717) is 24.3 Å². The summed E-state index contributed by atoms with van der Waals surface area (Å²) < 4.78 is 19.4. The monoisotopic (exact) mass is 417 g/mol. The zero-order valence-electron chi connectivity index (χ0n) is 15.6. The number of amides is 1. The quantitative estimate of drug-likeness (QED) is 0.498. The number of thioether (sulfide) groups is 1. The number of hydrogen-bond acceptors (Lipinski definition) is 6. The van der Waals surface area contributed by atoms with E-state index >= 15 is 0 Å². The molecule has 1 N–H and O–H groups in total. The Morgan fingerprint density at radius 3 is 3.11 bits per heavy atom. The van der Waals surface area contributed by atoms with E-state index in [0.717, 1.165) is 27.2 Å². The number of carbonyl (C=O) groups is 1. The molecule has 4 rings (SSSR count). The van der Waals surface area contributed by atoms with E-state index in [1.807, 2.05) is 0 Å². The van der Waals surface area contributed by atoms with Crippen molar-refractivity contribution in [3.63, 3.8) is 0 Å². The lowest BCUT2D eigenvalue weighted by Gasteiger charge is -2.18. The third kappa shape index (κ3) is 3.84. The van der Waals surface area contributed by atoms with Crippen LogP contribution in [0.4, 0.5) is 4.39 Å². The van der Waals surface area contributed by atoms with Crippen molar-refractivity contribution < 1.29 is 13.9 Å². The standard InChI is InChI=1S/C20H20FN3O2S2/c1-11-12(2)28-20-18(11)19(22-10-23-20)27-9-17(25)24-15-4-3-7-26-16-6-5-13(21)8-14(15)16/h5-6,8,10,15H,3-4,7,9H2,1-2H3,(H,24,25)/t15-/m1/s1. The van der Waals surface area contributed by atoms with Crippen molar-refractivity contribution in [2.45, 2.75) is 37.8 Å². The molecule has 5 nitrogen and oxygen atoms in total. The minimum absolute atomic E-state index is 0.108. The Kier molecular flexibility index (Phi) is 5.50. The Bertz CT molecular complexity index is 1040. The van der Waals surface area contributed by atoms with Crippen molar-refractivity contribution in [2.24, 2.45) is 0 Å². The van der Waals surface area contributed by atoms with E-state index in [1.54, 1.807) is 23.7 Å². The molecule has 0 spiro atoms. The van der Waals surface area contributed by atoms with Gasteiger partial charge in [0.2, 0.25) is 5.91 Å². The number of aromatic nitrogens is 2. The maximum atomic E-state index is 13.7. The number of fused-ring (bicyclic) bond motifs is 2. The molecule has 0 unspecified atom stereocenters. The molecule has 0 fully saturated rings. The number of rotatable bonds is 4. The summed E-state index contributed by atoms with van der Waals surface area (Å²) in [4.78, 5) is 23.5. The number of nitrogens with zero attached hydrogens (tertiary/aromatic N) is 2. The van der Waals surface area contributed by atoms with Gasteiger partial charge in [0.1, 0.15) is 27.8 Å². The van der Waals surface area contributed by atoms with Crippen LogP contribution in [0.15, 0.2) is 29.6 Å². The Labute approximate surface area is 170 Å². The predicted octanol–water partition coefficient (Wildman–Crippen LogP) is 4.57. The van der Waals surface area contributed by atoms with Crippen LogP contribution in [0.1, 0.15) is 34.9 Å². The van der Waals surface area contributed by atoms with Crippen molar-refractivity contribution in [1.82, 2.24) is 15.3 Å². The van der Waals surface area contributed by atoms with E-state index in [-0.39, 0.29) is 23.5 Å². The highest BCUT2D eigenvalue weighted by Gasteiger charge is 2.22. The van der Waals surface area contributed by atoms with Crippen molar-refractivity contribution in [2.75, 3.05) is 12.4 Å². The Morgan fingerprint density at radius 2 is 2.25 bits per heavy atom. The number of thiophene rings is 1. The molecule has 0 aliphatic carbocycles. The fourth-order valence-electron chi connectivity index (χ4n) is 3.33. The van der Waals surface area contributed by atoms with Gasteiger partial charge in [0.15, 0.2) is 0 Å². The van der Waals surface area contributed by atoms with Gasteiger partial charge in [-0.1, -0.05) is 11.8 Å². The van der Waals surface area contributed by atoms with Gasteiger partial charge in [0, 0.05) is 15.8 Å². The summed E-state index contributed by atoms with van der Waals surface area (Å²) in [5.41, 5.74) is 1.86. The molecule has 146 valence electrons. The van der Waals surface area contributed by atoms with E-state index < -0.39 is 0 Å². The van der Waals surface area contributed by atoms with E-state index in [2.05, 4.69) is 29.1 Å². The van der Waals surface area contributed by atoms with E-state index in [1.165, 1.54) is 28.8 Å². The van der Waals surface area contributed by atoms with Crippen LogP contribution < -0.4 is 10.1 Å². The largest absolute Gasteiger partial charge is 0.493 e.